The van der Waals surface area contributed by atoms with Gasteiger partial charge in [0, 0.05) is 0 Å². The predicted molar refractivity (Wildman–Crippen MR) is 91.1 cm³/mol. The molecule has 6 nitrogen and oxygen atoms in total. The zero-order valence-corrected chi connectivity index (χ0v) is 14.1. The number of hydrogen-bond donors (Lipinski definition) is 2. The van der Waals surface area contributed by atoms with Crippen LogP contribution in [-0.4, -0.2) is 31.9 Å². The van der Waals surface area contributed by atoms with Crippen LogP contribution in [-0.2, 0) is 26.3 Å². The summed E-state index contributed by atoms with van der Waals surface area (Å²) in [6.07, 6.45) is 0.686. The lowest BCUT2D eigenvalue weighted by molar-refractivity contribution is -0.110. The summed E-state index contributed by atoms with van der Waals surface area (Å²) in [5, 5.41) is 0. The van der Waals surface area contributed by atoms with Crippen molar-refractivity contribution in [1.29, 1.82) is 0 Å². The van der Waals surface area contributed by atoms with Crippen molar-refractivity contribution in [1.82, 2.24) is 0 Å². The topological polar surface area (TPSA) is 107 Å². The number of aldehydes is 1. The molecule has 7 heteroatoms. The summed E-state index contributed by atoms with van der Waals surface area (Å²) in [6.45, 7) is 2.62. The summed E-state index contributed by atoms with van der Waals surface area (Å²) in [5.41, 5.74) is 7.38. The number of benzene rings is 2. The summed E-state index contributed by atoms with van der Waals surface area (Å²) in [6, 6.07) is 15.2. The molecule has 0 radical (unpaired) electrons. The molecule has 0 heterocycles. The Morgan fingerprint density at radius 2 is 1.71 bits per heavy atom. The molecule has 0 saturated heterocycles. The van der Waals surface area contributed by atoms with Crippen LogP contribution < -0.4 is 5.73 Å². The zero-order valence-electron chi connectivity index (χ0n) is 13.3. The minimum absolute atomic E-state index is 0.0666. The largest absolute Gasteiger partial charge is 0.375 e. The van der Waals surface area contributed by atoms with E-state index in [0.29, 0.717) is 12.9 Å². The number of ether oxygens (including phenoxy) is 1. The van der Waals surface area contributed by atoms with Gasteiger partial charge in [-0.05, 0) is 24.6 Å². The molecule has 2 rings (SSSR count). The predicted octanol–water partition coefficient (Wildman–Crippen LogP) is 1.97. The molecule has 0 aliphatic carbocycles. The molecule has 0 fully saturated rings. The van der Waals surface area contributed by atoms with Gasteiger partial charge in [-0.3, -0.25) is 4.55 Å². The number of hydrogen-bond acceptors (Lipinski definition) is 5. The van der Waals surface area contributed by atoms with Crippen molar-refractivity contribution in [3.63, 3.8) is 0 Å². The Bertz CT molecular complexity index is 714. The van der Waals surface area contributed by atoms with E-state index in [2.05, 4.69) is 0 Å². The van der Waals surface area contributed by atoms with Crippen molar-refractivity contribution in [2.24, 2.45) is 5.73 Å². The quantitative estimate of drug-likeness (QED) is 0.609. The fourth-order valence-corrected chi connectivity index (χ4v) is 2.12. The molecule has 3 N–H and O–H groups in total. The summed E-state index contributed by atoms with van der Waals surface area (Å²) >= 11 is 0. The van der Waals surface area contributed by atoms with E-state index >= 15 is 0 Å². The van der Waals surface area contributed by atoms with E-state index in [-0.39, 0.29) is 11.5 Å². The lowest BCUT2D eigenvalue weighted by atomic mass is 10.2. The first-order chi connectivity index (χ1) is 11.3. The van der Waals surface area contributed by atoms with Crippen molar-refractivity contribution in [2.45, 2.75) is 24.5 Å². The van der Waals surface area contributed by atoms with Crippen LogP contribution in [0.15, 0.2) is 59.5 Å². The Morgan fingerprint density at radius 3 is 2.21 bits per heavy atom. The average Bonchev–Trinajstić information content (AvgIpc) is 2.56. The number of nitrogens with two attached hydrogens (primary N) is 1. The van der Waals surface area contributed by atoms with E-state index in [1.165, 1.54) is 12.1 Å². The first kappa shape index (κ1) is 20.0. The molecule has 0 saturated carbocycles. The standard InChI is InChI=1S/C10H13NO2.C7H8O3S/c11-10(6-12)8-13-7-9-4-2-1-3-5-9;1-6-2-4-7(5-3-6)11(8,9)10/h1-6,10H,7-8,11H2;2-5H,1H3,(H,8,9,10)/t10-;/m1./s1. The Kier molecular flexibility index (Phi) is 8.28. The summed E-state index contributed by atoms with van der Waals surface area (Å²) in [7, 11) is -4.02. The Morgan fingerprint density at radius 1 is 1.12 bits per heavy atom. The van der Waals surface area contributed by atoms with Crippen LogP contribution in [0.3, 0.4) is 0 Å². The van der Waals surface area contributed by atoms with Crippen molar-refractivity contribution in [3.8, 4) is 0 Å². The first-order valence-electron chi connectivity index (χ1n) is 7.19. The van der Waals surface area contributed by atoms with E-state index in [1.54, 1.807) is 12.1 Å². The Balaban J connectivity index is 0.000000243. The van der Waals surface area contributed by atoms with Crippen molar-refractivity contribution >= 4 is 16.4 Å². The number of aryl methyl sites for hydroxylation is 1. The van der Waals surface area contributed by atoms with Crippen LogP contribution in [0.1, 0.15) is 11.1 Å². The molecule has 0 amide bonds. The van der Waals surface area contributed by atoms with E-state index in [4.69, 9.17) is 15.0 Å². The van der Waals surface area contributed by atoms with Gasteiger partial charge in [0.25, 0.3) is 10.1 Å². The van der Waals surface area contributed by atoms with E-state index in [1.807, 2.05) is 37.3 Å². The van der Waals surface area contributed by atoms with Crippen LogP contribution in [0.25, 0.3) is 0 Å². The van der Waals surface area contributed by atoms with Gasteiger partial charge in [-0.1, -0.05) is 48.0 Å². The number of rotatable bonds is 6. The lowest BCUT2D eigenvalue weighted by Gasteiger charge is -2.05. The minimum atomic E-state index is -4.02. The third-order valence-electron chi connectivity index (χ3n) is 2.92. The molecule has 0 bridgehead atoms. The fourth-order valence-electron chi connectivity index (χ4n) is 1.64. The van der Waals surface area contributed by atoms with Gasteiger partial charge in [0.1, 0.15) is 6.29 Å². The second kappa shape index (κ2) is 9.94. The highest BCUT2D eigenvalue weighted by Gasteiger charge is 2.06. The molecule has 2 aromatic carbocycles. The van der Waals surface area contributed by atoms with Crippen LogP contribution in [0, 0.1) is 6.92 Å². The molecule has 0 aliphatic heterocycles. The highest BCUT2D eigenvalue weighted by Crippen LogP contribution is 2.08. The van der Waals surface area contributed by atoms with Gasteiger partial charge in [0.2, 0.25) is 0 Å². The van der Waals surface area contributed by atoms with Crippen LogP contribution in [0.2, 0.25) is 0 Å². The molecule has 0 spiro atoms. The van der Waals surface area contributed by atoms with E-state index < -0.39 is 16.2 Å². The smallest absolute Gasteiger partial charge is 0.294 e. The summed E-state index contributed by atoms with van der Waals surface area (Å²) in [5.74, 6) is 0. The highest BCUT2D eigenvalue weighted by atomic mass is 32.2. The lowest BCUT2D eigenvalue weighted by Crippen LogP contribution is -2.27. The molecule has 0 aliphatic rings. The van der Waals surface area contributed by atoms with Gasteiger partial charge in [0.15, 0.2) is 0 Å². The molecule has 130 valence electrons. The minimum Gasteiger partial charge on any atom is -0.375 e. The first-order valence-corrected chi connectivity index (χ1v) is 8.63. The SMILES string of the molecule is Cc1ccc(S(=O)(=O)O)cc1.N[C@H](C=O)COCc1ccccc1. The number of carbonyl (C=O) groups is 1. The van der Waals surface area contributed by atoms with Gasteiger partial charge in [-0.15, -0.1) is 0 Å². The molecular formula is C17H21NO5S. The van der Waals surface area contributed by atoms with Gasteiger partial charge >= 0.3 is 0 Å². The molecule has 24 heavy (non-hydrogen) atoms. The molecule has 0 unspecified atom stereocenters. The van der Waals surface area contributed by atoms with E-state index in [0.717, 1.165) is 11.1 Å². The maximum Gasteiger partial charge on any atom is 0.294 e. The molecular weight excluding hydrogens is 330 g/mol. The van der Waals surface area contributed by atoms with Crippen molar-refractivity contribution in [3.05, 3.63) is 65.7 Å². The third-order valence-corrected chi connectivity index (χ3v) is 3.78. The summed E-state index contributed by atoms with van der Waals surface area (Å²) < 4.78 is 34.8. The van der Waals surface area contributed by atoms with Gasteiger partial charge in [-0.25, -0.2) is 0 Å². The summed E-state index contributed by atoms with van der Waals surface area (Å²) in [4.78, 5) is 10.1. The maximum absolute atomic E-state index is 10.5. The normalized spacial score (nSPS) is 12.0. The van der Waals surface area contributed by atoms with Crippen LogP contribution >= 0.6 is 0 Å². The van der Waals surface area contributed by atoms with Gasteiger partial charge in [0.05, 0.1) is 24.2 Å². The van der Waals surface area contributed by atoms with Crippen molar-refractivity contribution in [2.75, 3.05) is 6.61 Å². The molecule has 0 aromatic heterocycles. The fraction of sp³-hybridized carbons (Fsp3) is 0.235. The van der Waals surface area contributed by atoms with Gasteiger partial charge < -0.3 is 15.3 Å². The van der Waals surface area contributed by atoms with Crippen LogP contribution in [0.4, 0.5) is 0 Å². The third kappa shape index (κ3) is 7.98. The van der Waals surface area contributed by atoms with E-state index in [9.17, 15) is 13.2 Å². The number of carbonyl (C=O) groups excluding carboxylic acids is 1. The second-order valence-electron chi connectivity index (χ2n) is 5.09. The second-order valence-corrected chi connectivity index (χ2v) is 6.51. The Hall–Kier alpha value is -2.06. The average molecular weight is 351 g/mol. The monoisotopic (exact) mass is 351 g/mol. The zero-order chi connectivity index (χ0) is 18.0. The van der Waals surface area contributed by atoms with Crippen LogP contribution in [0.5, 0.6) is 0 Å². The molecule has 2 aromatic rings. The van der Waals surface area contributed by atoms with Gasteiger partial charge in [-0.2, -0.15) is 8.42 Å². The highest BCUT2D eigenvalue weighted by molar-refractivity contribution is 7.85. The Labute approximate surface area is 142 Å². The molecule has 1 atom stereocenters. The maximum atomic E-state index is 10.5. The van der Waals surface area contributed by atoms with Crippen molar-refractivity contribution < 1.29 is 22.5 Å².